The molecule has 3 aliphatic carbocycles. The molecule has 3 unspecified atom stereocenters. The number of rotatable bonds is 13. The SMILES string of the molecule is COC(=O)N[C@H](C(=O)NC(Cc1ccccc1)C(=O)N[C@@H](CC(C)C)C(=O)NCB1O[C@@H]2CC3CC(C3(C)C)[C@]2(C)O1)C(C)C. The second-order valence-corrected chi connectivity index (χ2v) is 14.4. The van der Waals surface area contributed by atoms with Crippen molar-refractivity contribution in [1.29, 1.82) is 0 Å². The molecule has 4 amide bonds. The number of carbonyl (C=O) groups excluding carboxylic acids is 4. The molecule has 4 N–H and O–H groups in total. The highest BCUT2D eigenvalue weighted by Gasteiger charge is 2.67. The number of hydrogen-bond donors (Lipinski definition) is 4. The lowest BCUT2D eigenvalue weighted by Crippen LogP contribution is -2.65. The number of amides is 4. The minimum Gasteiger partial charge on any atom is -0.453 e. The van der Waals surface area contributed by atoms with Gasteiger partial charge in [-0.3, -0.25) is 14.4 Å². The molecule has 1 aliphatic heterocycles. The van der Waals surface area contributed by atoms with Crippen LogP contribution < -0.4 is 21.3 Å². The van der Waals surface area contributed by atoms with Crippen LogP contribution in [0.15, 0.2) is 30.3 Å². The Kier molecular flexibility index (Phi) is 10.9. The van der Waals surface area contributed by atoms with Crippen molar-refractivity contribution >= 4 is 30.9 Å². The highest BCUT2D eigenvalue weighted by Crippen LogP contribution is 2.65. The number of ether oxygens (including phenoxy) is 1. The average Bonchev–Trinajstić information content (AvgIpc) is 3.33. The van der Waals surface area contributed by atoms with Gasteiger partial charge in [-0.05, 0) is 60.8 Å². The van der Waals surface area contributed by atoms with Crippen molar-refractivity contribution in [3.05, 3.63) is 35.9 Å². The lowest BCUT2D eigenvalue weighted by Gasteiger charge is -2.64. The topological polar surface area (TPSA) is 144 Å². The molecule has 1 aromatic carbocycles. The molecule has 248 valence electrons. The summed E-state index contributed by atoms with van der Waals surface area (Å²) in [4.78, 5) is 52.5. The smallest absolute Gasteiger partial charge is 0.453 e. The van der Waals surface area contributed by atoms with E-state index >= 15 is 0 Å². The summed E-state index contributed by atoms with van der Waals surface area (Å²) in [5, 5.41) is 11.2. The zero-order valence-corrected chi connectivity index (χ0v) is 28.0. The van der Waals surface area contributed by atoms with Gasteiger partial charge in [-0.15, -0.1) is 0 Å². The summed E-state index contributed by atoms with van der Waals surface area (Å²) in [5.41, 5.74) is 0.672. The molecular formula is C33H51BN4O7. The summed E-state index contributed by atoms with van der Waals surface area (Å²) in [7, 11) is 0.660. The molecule has 12 heteroatoms. The van der Waals surface area contributed by atoms with E-state index in [0.29, 0.717) is 18.3 Å². The Morgan fingerprint density at radius 1 is 0.933 bits per heavy atom. The Morgan fingerprint density at radius 3 is 2.20 bits per heavy atom. The fourth-order valence-electron chi connectivity index (χ4n) is 7.36. The van der Waals surface area contributed by atoms with Crippen molar-refractivity contribution in [2.75, 3.05) is 13.6 Å². The molecule has 0 spiro atoms. The Bertz CT molecular complexity index is 1230. The maximum atomic E-state index is 13.8. The molecule has 7 atom stereocenters. The van der Waals surface area contributed by atoms with Crippen molar-refractivity contribution in [3.63, 3.8) is 0 Å². The van der Waals surface area contributed by atoms with Crippen molar-refractivity contribution in [1.82, 2.24) is 21.3 Å². The number of nitrogens with one attached hydrogen (secondary N) is 4. The highest BCUT2D eigenvalue weighted by atomic mass is 16.7. The van der Waals surface area contributed by atoms with Gasteiger partial charge >= 0.3 is 13.2 Å². The number of hydrogen-bond acceptors (Lipinski definition) is 7. The molecule has 4 fully saturated rings. The fraction of sp³-hybridized carbons (Fsp3) is 0.697. The van der Waals surface area contributed by atoms with Crippen LogP contribution in [-0.2, 0) is 34.9 Å². The maximum absolute atomic E-state index is 13.8. The molecule has 45 heavy (non-hydrogen) atoms. The quantitative estimate of drug-likeness (QED) is 0.247. The zero-order valence-electron chi connectivity index (χ0n) is 28.0. The summed E-state index contributed by atoms with van der Waals surface area (Å²) in [6, 6.07) is 6.54. The van der Waals surface area contributed by atoms with Gasteiger partial charge in [-0.2, -0.15) is 0 Å². The second kappa shape index (κ2) is 14.1. The van der Waals surface area contributed by atoms with E-state index in [2.05, 4.69) is 46.8 Å². The molecule has 1 saturated heterocycles. The molecule has 3 saturated carbocycles. The molecule has 1 heterocycles. The van der Waals surface area contributed by atoms with Gasteiger partial charge < -0.3 is 35.3 Å². The van der Waals surface area contributed by atoms with Crippen LogP contribution in [0.3, 0.4) is 0 Å². The van der Waals surface area contributed by atoms with Crippen LogP contribution in [0.1, 0.15) is 73.3 Å². The van der Waals surface area contributed by atoms with Crippen molar-refractivity contribution < 1.29 is 33.2 Å². The molecule has 0 aromatic heterocycles. The van der Waals surface area contributed by atoms with Crippen LogP contribution in [0.4, 0.5) is 4.79 Å². The van der Waals surface area contributed by atoms with Crippen molar-refractivity contribution in [2.45, 2.75) is 104 Å². The Morgan fingerprint density at radius 2 is 1.60 bits per heavy atom. The Balaban J connectivity index is 1.42. The first-order chi connectivity index (χ1) is 21.1. The first kappa shape index (κ1) is 34.8. The van der Waals surface area contributed by atoms with Crippen molar-refractivity contribution in [3.8, 4) is 0 Å². The van der Waals surface area contributed by atoms with Gasteiger partial charge in [0.25, 0.3) is 0 Å². The van der Waals surface area contributed by atoms with Crippen LogP contribution in [0, 0.1) is 29.1 Å². The summed E-state index contributed by atoms with van der Waals surface area (Å²) in [5.74, 6) is -0.493. The van der Waals surface area contributed by atoms with Gasteiger partial charge in [0.15, 0.2) is 0 Å². The zero-order chi connectivity index (χ0) is 33.1. The Labute approximate surface area is 267 Å². The van der Waals surface area contributed by atoms with Gasteiger partial charge in [-0.25, -0.2) is 4.79 Å². The number of methoxy groups -OCH3 is 1. The molecular weight excluding hydrogens is 575 g/mol. The lowest BCUT2D eigenvalue weighted by atomic mass is 9.43. The standard InChI is InChI=1S/C33H51BN4O7/c1-19(2)14-23(28(39)35-18-34-44-26-17-22-16-25(32(22,5)6)33(26,7)45-34)36-29(40)24(15-21-12-10-9-11-13-21)37-30(41)27(20(3)4)38-31(42)43-8/h9-13,19-20,22-27H,14-18H2,1-8H3,(H,35,39)(H,36,40)(H,37,41)(H,38,42)/t22?,23-,24?,25?,26+,27-,33-/m0/s1. The third kappa shape index (κ3) is 7.82. The van der Waals surface area contributed by atoms with E-state index in [1.807, 2.05) is 44.2 Å². The van der Waals surface area contributed by atoms with E-state index in [1.54, 1.807) is 13.8 Å². The van der Waals surface area contributed by atoms with Crippen LogP contribution in [0.2, 0.25) is 0 Å². The van der Waals surface area contributed by atoms with Crippen molar-refractivity contribution in [2.24, 2.45) is 29.1 Å². The van der Waals surface area contributed by atoms with Crippen LogP contribution in [0.5, 0.6) is 0 Å². The summed E-state index contributed by atoms with van der Waals surface area (Å²) in [6.45, 7) is 14.3. The third-order valence-corrected chi connectivity index (χ3v) is 10.1. The predicted octanol–water partition coefficient (Wildman–Crippen LogP) is 3.01. The first-order valence-electron chi connectivity index (χ1n) is 16.3. The van der Waals surface area contributed by atoms with Gasteiger partial charge in [0.1, 0.15) is 18.1 Å². The maximum Gasteiger partial charge on any atom is 0.478 e. The average molecular weight is 627 g/mol. The van der Waals surface area contributed by atoms with Crippen LogP contribution in [-0.4, -0.2) is 74.3 Å². The van der Waals surface area contributed by atoms with Gasteiger partial charge in [0.05, 0.1) is 25.3 Å². The van der Waals surface area contributed by atoms with Gasteiger partial charge in [-0.1, -0.05) is 71.9 Å². The first-order valence-corrected chi connectivity index (χ1v) is 16.3. The summed E-state index contributed by atoms with van der Waals surface area (Å²) in [6.07, 6.45) is 2.12. The molecule has 1 aromatic rings. The minimum atomic E-state index is -0.998. The van der Waals surface area contributed by atoms with E-state index in [0.717, 1.165) is 18.4 Å². The molecule has 5 rings (SSSR count). The van der Waals surface area contributed by atoms with Crippen LogP contribution in [0.25, 0.3) is 0 Å². The summed E-state index contributed by atoms with van der Waals surface area (Å²) >= 11 is 0. The number of benzene rings is 1. The van der Waals surface area contributed by atoms with E-state index in [1.165, 1.54) is 7.11 Å². The normalized spacial score (nSPS) is 26.6. The number of alkyl carbamates (subject to hydrolysis) is 1. The van der Waals surface area contributed by atoms with Gasteiger partial charge in [0.2, 0.25) is 17.7 Å². The number of carbonyl (C=O) groups is 4. The predicted molar refractivity (Wildman–Crippen MR) is 171 cm³/mol. The minimum absolute atomic E-state index is 0.00744. The molecule has 4 aliphatic rings. The molecule has 11 nitrogen and oxygen atoms in total. The van der Waals surface area contributed by atoms with Gasteiger partial charge in [0, 0.05) is 6.42 Å². The van der Waals surface area contributed by atoms with E-state index in [9.17, 15) is 19.2 Å². The van der Waals surface area contributed by atoms with Crippen LogP contribution >= 0.6 is 0 Å². The third-order valence-electron chi connectivity index (χ3n) is 10.1. The second-order valence-electron chi connectivity index (χ2n) is 14.4. The molecule has 2 bridgehead atoms. The van der Waals surface area contributed by atoms with E-state index < -0.39 is 43.2 Å². The van der Waals surface area contributed by atoms with E-state index in [-0.39, 0.29) is 47.7 Å². The highest BCUT2D eigenvalue weighted by molar-refractivity contribution is 6.46. The Hall–Kier alpha value is -3.12. The largest absolute Gasteiger partial charge is 0.478 e. The monoisotopic (exact) mass is 626 g/mol. The van der Waals surface area contributed by atoms with E-state index in [4.69, 9.17) is 9.31 Å². The fourth-order valence-corrected chi connectivity index (χ4v) is 7.36. The summed E-state index contributed by atoms with van der Waals surface area (Å²) < 4.78 is 17.4. The molecule has 0 radical (unpaired) electrons. The lowest BCUT2D eigenvalue weighted by molar-refractivity contribution is -0.199.